The molecule has 1 heterocycles. The summed E-state index contributed by atoms with van der Waals surface area (Å²) in [7, 11) is 0. The minimum atomic E-state index is -1.55. The van der Waals surface area contributed by atoms with Crippen LogP contribution in [0.15, 0.2) is 72.9 Å². The molecule has 1 rings (SSSR count). The van der Waals surface area contributed by atoms with Crippen molar-refractivity contribution < 1.29 is 39.8 Å². The summed E-state index contributed by atoms with van der Waals surface area (Å²) in [6.07, 6.45) is 47.4. The average molecular weight is 830 g/mol. The van der Waals surface area contributed by atoms with Crippen LogP contribution < -0.4 is 5.32 Å². The van der Waals surface area contributed by atoms with E-state index in [0.717, 1.165) is 77.0 Å². The highest BCUT2D eigenvalue weighted by molar-refractivity contribution is 5.76. The van der Waals surface area contributed by atoms with E-state index < -0.39 is 49.5 Å². The third-order valence-corrected chi connectivity index (χ3v) is 10.8. The first-order chi connectivity index (χ1) is 28.8. The van der Waals surface area contributed by atoms with Gasteiger partial charge in [-0.1, -0.05) is 183 Å². The van der Waals surface area contributed by atoms with E-state index >= 15 is 0 Å². The SMILES string of the molecule is CC/C=C\C/C=C\C/C=C\C/C=C\C/C=C\C/C=C\CCCCCCCCCCCCCCCCC(=O)NC(COC1OC(CO)C(O)C(O)C1O)C(O)CCCCC. The van der Waals surface area contributed by atoms with Crippen molar-refractivity contribution in [2.75, 3.05) is 13.2 Å². The first kappa shape index (κ1) is 54.6. The Morgan fingerprint density at radius 1 is 0.593 bits per heavy atom. The van der Waals surface area contributed by atoms with Gasteiger partial charge in [-0.25, -0.2) is 0 Å². The Hall–Kier alpha value is -2.37. The van der Waals surface area contributed by atoms with Gasteiger partial charge in [0, 0.05) is 6.42 Å². The van der Waals surface area contributed by atoms with Crippen LogP contribution in [0.2, 0.25) is 0 Å². The standard InChI is InChI=1S/C50H87NO8/c1-3-5-7-8-9-10-11-12-13-14-15-16-17-18-19-20-21-22-23-24-25-26-27-28-29-30-31-32-33-34-35-36-38-40-46(54)51-43(44(53)39-37-6-4-2)42-58-50-49(57)48(56)47(55)45(41-52)59-50/h5,7,9-10,12-13,15-16,18-19,21-22,43-45,47-50,52-53,55-57H,3-4,6,8,11,14,17,20,23-42H2,1-2H3,(H,51,54)/b7-5-,10-9-,13-12-,16-15-,19-18-,22-21-. The maximum absolute atomic E-state index is 12.8. The topological polar surface area (TPSA) is 149 Å². The summed E-state index contributed by atoms with van der Waals surface area (Å²) in [5.74, 6) is -0.160. The Labute approximate surface area is 359 Å². The van der Waals surface area contributed by atoms with Crippen LogP contribution in [0, 0.1) is 0 Å². The Morgan fingerprint density at radius 3 is 1.53 bits per heavy atom. The average Bonchev–Trinajstić information content (AvgIpc) is 3.23. The van der Waals surface area contributed by atoms with Gasteiger partial charge in [0.2, 0.25) is 5.91 Å². The quantitative estimate of drug-likeness (QED) is 0.0266. The molecular formula is C50H87NO8. The number of carbonyl (C=O) groups is 1. The smallest absolute Gasteiger partial charge is 0.220 e. The molecule has 59 heavy (non-hydrogen) atoms. The second kappa shape index (κ2) is 39.7. The number of carbonyl (C=O) groups excluding carboxylic acids is 1. The van der Waals surface area contributed by atoms with Crippen LogP contribution >= 0.6 is 0 Å². The number of ether oxygens (including phenoxy) is 2. The third kappa shape index (κ3) is 30.3. The third-order valence-electron chi connectivity index (χ3n) is 10.8. The normalized spacial score (nSPS) is 21.4. The predicted octanol–water partition coefficient (Wildman–Crippen LogP) is 10.2. The fraction of sp³-hybridized carbons (Fsp3) is 0.740. The van der Waals surface area contributed by atoms with Gasteiger partial charge in [-0.05, 0) is 64.2 Å². The highest BCUT2D eigenvalue weighted by Gasteiger charge is 2.44. The molecule has 0 radical (unpaired) electrons. The van der Waals surface area contributed by atoms with Gasteiger partial charge in [-0.15, -0.1) is 0 Å². The van der Waals surface area contributed by atoms with Crippen LogP contribution in [-0.2, 0) is 14.3 Å². The molecule has 1 fully saturated rings. The first-order valence-corrected chi connectivity index (χ1v) is 23.6. The zero-order valence-corrected chi connectivity index (χ0v) is 37.2. The zero-order chi connectivity index (χ0) is 43.0. The van der Waals surface area contributed by atoms with Crippen molar-refractivity contribution in [2.45, 2.75) is 224 Å². The molecule has 1 aliphatic heterocycles. The molecule has 0 aromatic rings. The largest absolute Gasteiger partial charge is 0.394 e. The number of rotatable bonds is 38. The molecule has 0 aromatic carbocycles. The van der Waals surface area contributed by atoms with Crippen molar-refractivity contribution >= 4 is 5.91 Å². The molecule has 0 saturated carbocycles. The number of unbranched alkanes of at least 4 members (excludes halogenated alkanes) is 16. The summed E-state index contributed by atoms with van der Waals surface area (Å²) >= 11 is 0. The lowest BCUT2D eigenvalue weighted by Crippen LogP contribution is -2.60. The molecule has 1 saturated heterocycles. The van der Waals surface area contributed by atoms with Crippen LogP contribution in [0.1, 0.15) is 181 Å². The van der Waals surface area contributed by atoms with Gasteiger partial charge in [0.05, 0.1) is 25.4 Å². The maximum atomic E-state index is 12.8. The Kier molecular flexibility index (Phi) is 36.8. The molecule has 6 N–H and O–H groups in total. The lowest BCUT2D eigenvalue weighted by Gasteiger charge is -2.40. The van der Waals surface area contributed by atoms with Crippen molar-refractivity contribution in [3.63, 3.8) is 0 Å². The van der Waals surface area contributed by atoms with Gasteiger partial charge >= 0.3 is 0 Å². The van der Waals surface area contributed by atoms with Crippen molar-refractivity contribution in [2.24, 2.45) is 0 Å². The number of hydrogen-bond donors (Lipinski definition) is 6. The van der Waals surface area contributed by atoms with Crippen LogP contribution in [0.5, 0.6) is 0 Å². The summed E-state index contributed by atoms with van der Waals surface area (Å²) in [5.41, 5.74) is 0. The van der Waals surface area contributed by atoms with Gasteiger partial charge in [-0.2, -0.15) is 0 Å². The number of amides is 1. The van der Waals surface area contributed by atoms with E-state index in [4.69, 9.17) is 9.47 Å². The van der Waals surface area contributed by atoms with E-state index in [9.17, 15) is 30.3 Å². The van der Waals surface area contributed by atoms with Gasteiger partial charge in [0.15, 0.2) is 6.29 Å². The van der Waals surface area contributed by atoms with E-state index in [-0.39, 0.29) is 12.5 Å². The van der Waals surface area contributed by atoms with E-state index in [1.807, 2.05) is 0 Å². The van der Waals surface area contributed by atoms with Crippen molar-refractivity contribution in [3.05, 3.63) is 72.9 Å². The molecule has 9 nitrogen and oxygen atoms in total. The molecule has 7 atom stereocenters. The molecule has 0 bridgehead atoms. The van der Waals surface area contributed by atoms with Gasteiger partial charge in [0.25, 0.3) is 0 Å². The summed E-state index contributed by atoms with van der Waals surface area (Å²) in [6.45, 7) is 3.54. The lowest BCUT2D eigenvalue weighted by atomic mass is 9.99. The van der Waals surface area contributed by atoms with Crippen LogP contribution in [0.25, 0.3) is 0 Å². The van der Waals surface area contributed by atoms with E-state index in [1.165, 1.54) is 77.0 Å². The van der Waals surface area contributed by atoms with Gasteiger partial charge in [-0.3, -0.25) is 4.79 Å². The van der Waals surface area contributed by atoms with Crippen molar-refractivity contribution in [3.8, 4) is 0 Å². The number of aliphatic hydroxyl groups is 5. The van der Waals surface area contributed by atoms with Gasteiger partial charge < -0.3 is 40.3 Å². The Bertz CT molecular complexity index is 1150. The highest BCUT2D eigenvalue weighted by Crippen LogP contribution is 2.23. The zero-order valence-electron chi connectivity index (χ0n) is 37.2. The van der Waals surface area contributed by atoms with Crippen LogP contribution in [0.4, 0.5) is 0 Å². The van der Waals surface area contributed by atoms with Crippen LogP contribution in [-0.4, -0.2) is 87.5 Å². The van der Waals surface area contributed by atoms with Crippen molar-refractivity contribution in [1.29, 1.82) is 0 Å². The second-order valence-corrected chi connectivity index (χ2v) is 16.2. The summed E-state index contributed by atoms with van der Waals surface area (Å²) in [5, 5.41) is 53.6. The Balaban J connectivity index is 2.01. The van der Waals surface area contributed by atoms with Gasteiger partial charge in [0.1, 0.15) is 24.4 Å². The summed E-state index contributed by atoms with van der Waals surface area (Å²) in [4.78, 5) is 12.8. The molecule has 9 heteroatoms. The number of aliphatic hydroxyl groups excluding tert-OH is 5. The second-order valence-electron chi connectivity index (χ2n) is 16.2. The molecule has 340 valence electrons. The fourth-order valence-electron chi connectivity index (χ4n) is 7.04. The first-order valence-electron chi connectivity index (χ1n) is 23.6. The van der Waals surface area contributed by atoms with E-state index in [1.54, 1.807) is 0 Å². The van der Waals surface area contributed by atoms with E-state index in [0.29, 0.717) is 12.8 Å². The minimum absolute atomic E-state index is 0.145. The summed E-state index contributed by atoms with van der Waals surface area (Å²) < 4.78 is 11.1. The predicted molar refractivity (Wildman–Crippen MR) is 244 cm³/mol. The summed E-state index contributed by atoms with van der Waals surface area (Å²) in [6, 6.07) is -0.717. The number of hydrogen-bond acceptors (Lipinski definition) is 8. The Morgan fingerprint density at radius 2 is 1.05 bits per heavy atom. The molecule has 1 aliphatic rings. The molecule has 1 amide bonds. The highest BCUT2D eigenvalue weighted by atomic mass is 16.7. The maximum Gasteiger partial charge on any atom is 0.220 e. The molecule has 0 aliphatic carbocycles. The molecule has 7 unspecified atom stereocenters. The fourth-order valence-corrected chi connectivity index (χ4v) is 7.04. The molecule has 0 aromatic heterocycles. The number of nitrogens with one attached hydrogen (secondary N) is 1. The monoisotopic (exact) mass is 830 g/mol. The van der Waals surface area contributed by atoms with Crippen molar-refractivity contribution in [1.82, 2.24) is 5.32 Å². The lowest BCUT2D eigenvalue weighted by molar-refractivity contribution is -0.302. The minimum Gasteiger partial charge on any atom is -0.394 e. The van der Waals surface area contributed by atoms with E-state index in [2.05, 4.69) is 92.1 Å². The molecule has 0 spiro atoms. The molecular weight excluding hydrogens is 743 g/mol. The number of allylic oxidation sites excluding steroid dienone is 12. The van der Waals surface area contributed by atoms with Crippen LogP contribution in [0.3, 0.4) is 0 Å².